The van der Waals surface area contributed by atoms with Gasteiger partial charge in [-0.1, -0.05) is 11.8 Å². The monoisotopic (exact) mass is 493 g/mol. The Labute approximate surface area is 192 Å². The van der Waals surface area contributed by atoms with E-state index in [4.69, 9.17) is 0 Å². The lowest BCUT2D eigenvalue weighted by molar-refractivity contribution is -0.387. The largest absolute Gasteiger partial charge is 0.307 e. The molecule has 1 N–H and O–H groups in total. The summed E-state index contributed by atoms with van der Waals surface area (Å²) in [5.41, 5.74) is 1.38. The van der Waals surface area contributed by atoms with E-state index in [0.29, 0.717) is 27.2 Å². The van der Waals surface area contributed by atoms with E-state index in [-0.39, 0.29) is 28.8 Å². The van der Waals surface area contributed by atoms with Gasteiger partial charge in [-0.25, -0.2) is 18.1 Å². The van der Waals surface area contributed by atoms with Crippen molar-refractivity contribution in [2.24, 2.45) is 0 Å². The van der Waals surface area contributed by atoms with Gasteiger partial charge in [0.1, 0.15) is 5.82 Å². The summed E-state index contributed by atoms with van der Waals surface area (Å²) in [5.74, 6) is -0.149. The summed E-state index contributed by atoms with van der Waals surface area (Å²) < 4.78 is 25.9. The van der Waals surface area contributed by atoms with Crippen molar-refractivity contribution in [2.75, 3.05) is 16.8 Å². The number of nitro groups is 1. The molecule has 1 aromatic carbocycles. The van der Waals surface area contributed by atoms with E-state index in [1.165, 1.54) is 46.0 Å². The van der Waals surface area contributed by atoms with E-state index < -0.39 is 20.7 Å². The molecular formula is C19H19N5O5S3. The highest BCUT2D eigenvalue weighted by Gasteiger charge is 2.31. The molecule has 0 aliphatic carbocycles. The van der Waals surface area contributed by atoms with Gasteiger partial charge in [-0.3, -0.25) is 14.9 Å². The molecule has 1 saturated heterocycles. The third kappa shape index (κ3) is 4.84. The van der Waals surface area contributed by atoms with Crippen LogP contribution in [0.1, 0.15) is 34.2 Å². The number of nitro benzene ring substituents is 1. The van der Waals surface area contributed by atoms with Gasteiger partial charge in [0.2, 0.25) is 0 Å². The highest BCUT2D eigenvalue weighted by atomic mass is 32.2. The minimum absolute atomic E-state index is 0.0371. The van der Waals surface area contributed by atoms with Gasteiger partial charge in [0.15, 0.2) is 14.2 Å². The van der Waals surface area contributed by atoms with E-state index in [1.807, 2.05) is 12.3 Å². The van der Waals surface area contributed by atoms with E-state index in [9.17, 15) is 23.3 Å². The standard InChI is InChI=1S/C19H19N5O5S3/c1-11-7-17(23(22-11)14-5-6-32(28,29)10-14)21-18(25)13-3-4-16(15(8-13)24(26)27)31-19-20-12(2)9-30-19/h3-4,7-9,14H,5-6,10H2,1-2H3,(H,21,25). The number of benzene rings is 1. The van der Waals surface area contributed by atoms with Crippen LogP contribution in [-0.2, 0) is 9.84 Å². The van der Waals surface area contributed by atoms with Crippen molar-refractivity contribution in [2.45, 2.75) is 35.5 Å². The molecule has 1 unspecified atom stereocenters. The van der Waals surface area contributed by atoms with Crippen LogP contribution in [0.25, 0.3) is 0 Å². The average Bonchev–Trinajstić information content (AvgIpc) is 3.40. The maximum atomic E-state index is 12.9. The van der Waals surface area contributed by atoms with Crippen LogP contribution in [0.4, 0.5) is 11.5 Å². The maximum absolute atomic E-state index is 12.9. The summed E-state index contributed by atoms with van der Waals surface area (Å²) in [6.45, 7) is 3.59. The molecule has 3 aromatic rings. The third-order valence-electron chi connectivity index (χ3n) is 4.87. The molecule has 0 radical (unpaired) electrons. The van der Waals surface area contributed by atoms with Crippen LogP contribution in [0.5, 0.6) is 0 Å². The predicted octanol–water partition coefficient (Wildman–Crippen LogP) is 3.63. The number of nitrogens with zero attached hydrogens (tertiary/aromatic N) is 4. The molecule has 1 amide bonds. The van der Waals surface area contributed by atoms with Crippen molar-refractivity contribution < 1.29 is 18.1 Å². The number of thiazole rings is 1. The van der Waals surface area contributed by atoms with Gasteiger partial charge >= 0.3 is 0 Å². The zero-order valence-electron chi connectivity index (χ0n) is 17.1. The predicted molar refractivity (Wildman–Crippen MR) is 121 cm³/mol. The normalized spacial score (nSPS) is 17.4. The zero-order chi connectivity index (χ0) is 23.0. The molecule has 1 atom stereocenters. The fraction of sp³-hybridized carbons (Fsp3) is 0.316. The molecular weight excluding hydrogens is 474 g/mol. The van der Waals surface area contributed by atoms with Crippen LogP contribution in [0.2, 0.25) is 0 Å². The van der Waals surface area contributed by atoms with Crippen molar-refractivity contribution in [3.8, 4) is 0 Å². The Kier molecular flexibility index (Phi) is 6.05. The lowest BCUT2D eigenvalue weighted by Gasteiger charge is -2.14. The Balaban J connectivity index is 1.58. The van der Waals surface area contributed by atoms with E-state index >= 15 is 0 Å². The Hall–Kier alpha value is -2.77. The molecule has 2 aromatic heterocycles. The number of aryl methyl sites for hydroxylation is 2. The minimum Gasteiger partial charge on any atom is -0.307 e. The van der Waals surface area contributed by atoms with Gasteiger partial charge in [-0.2, -0.15) is 5.10 Å². The summed E-state index contributed by atoms with van der Waals surface area (Å²) in [4.78, 5) is 28.6. The van der Waals surface area contributed by atoms with E-state index in [1.54, 1.807) is 13.0 Å². The smallest absolute Gasteiger partial charge is 0.284 e. The highest BCUT2D eigenvalue weighted by molar-refractivity contribution is 8.01. The Morgan fingerprint density at radius 1 is 1.31 bits per heavy atom. The third-order valence-corrected chi connectivity index (χ3v) is 8.74. The highest BCUT2D eigenvalue weighted by Crippen LogP contribution is 2.37. The van der Waals surface area contributed by atoms with Crippen LogP contribution in [-0.4, -0.2) is 45.5 Å². The van der Waals surface area contributed by atoms with Gasteiger partial charge < -0.3 is 5.32 Å². The molecule has 10 nitrogen and oxygen atoms in total. The zero-order valence-corrected chi connectivity index (χ0v) is 19.6. The average molecular weight is 494 g/mol. The van der Waals surface area contributed by atoms with Crippen LogP contribution in [0.15, 0.2) is 38.9 Å². The van der Waals surface area contributed by atoms with Crippen LogP contribution >= 0.6 is 23.1 Å². The fourth-order valence-corrected chi connectivity index (χ4v) is 6.98. The number of rotatable bonds is 6. The first kappa shape index (κ1) is 22.4. The first-order valence-electron chi connectivity index (χ1n) is 9.57. The molecule has 1 aliphatic rings. The van der Waals surface area contributed by atoms with Crippen molar-refractivity contribution in [1.29, 1.82) is 0 Å². The van der Waals surface area contributed by atoms with Crippen molar-refractivity contribution in [1.82, 2.24) is 14.8 Å². The molecule has 0 saturated carbocycles. The number of sulfone groups is 1. The molecule has 3 heterocycles. The van der Waals surface area contributed by atoms with Gasteiger partial charge in [0, 0.05) is 28.8 Å². The molecule has 0 spiro atoms. The number of amides is 1. The summed E-state index contributed by atoms with van der Waals surface area (Å²) in [6.07, 6.45) is 0.417. The number of hydrogen-bond acceptors (Lipinski definition) is 9. The second kappa shape index (κ2) is 8.64. The summed E-state index contributed by atoms with van der Waals surface area (Å²) >= 11 is 2.56. The number of aromatic nitrogens is 3. The summed E-state index contributed by atoms with van der Waals surface area (Å²) in [7, 11) is -3.13. The maximum Gasteiger partial charge on any atom is 0.284 e. The summed E-state index contributed by atoms with van der Waals surface area (Å²) in [5, 5.41) is 20.5. The molecule has 1 aliphatic heterocycles. The first-order chi connectivity index (χ1) is 15.1. The number of hydrogen-bond donors (Lipinski definition) is 1. The molecule has 1 fully saturated rings. The first-order valence-corrected chi connectivity index (χ1v) is 13.1. The van der Waals surface area contributed by atoms with E-state index in [2.05, 4.69) is 15.4 Å². The number of nitrogens with one attached hydrogen (secondary N) is 1. The molecule has 0 bridgehead atoms. The van der Waals surface area contributed by atoms with Gasteiger partial charge in [0.05, 0.1) is 33.1 Å². The lowest BCUT2D eigenvalue weighted by Crippen LogP contribution is -2.19. The second-order valence-corrected chi connectivity index (χ2v) is 11.8. The number of anilines is 1. The minimum atomic E-state index is -3.13. The Morgan fingerprint density at radius 2 is 2.09 bits per heavy atom. The molecule has 168 valence electrons. The Morgan fingerprint density at radius 3 is 2.72 bits per heavy atom. The van der Waals surface area contributed by atoms with Gasteiger partial charge in [0.25, 0.3) is 11.6 Å². The molecule has 13 heteroatoms. The SMILES string of the molecule is Cc1csc(Sc2ccc(C(=O)Nc3cc(C)nn3C3CCS(=O)(=O)C3)cc2[N+](=O)[O-])n1. The second-order valence-electron chi connectivity index (χ2n) is 7.42. The number of carbonyl (C=O) groups is 1. The van der Waals surface area contributed by atoms with Gasteiger partial charge in [-0.05, 0) is 32.4 Å². The summed E-state index contributed by atoms with van der Waals surface area (Å²) in [6, 6.07) is 5.55. The van der Waals surface area contributed by atoms with Crippen molar-refractivity contribution >= 4 is 50.3 Å². The van der Waals surface area contributed by atoms with Crippen molar-refractivity contribution in [3.05, 3.63) is 56.7 Å². The quantitative estimate of drug-likeness (QED) is 0.406. The van der Waals surface area contributed by atoms with Crippen LogP contribution < -0.4 is 5.32 Å². The van der Waals surface area contributed by atoms with E-state index in [0.717, 1.165) is 5.69 Å². The Bertz CT molecular complexity index is 1310. The molecule has 32 heavy (non-hydrogen) atoms. The lowest BCUT2D eigenvalue weighted by atomic mass is 10.2. The topological polar surface area (TPSA) is 137 Å². The fourth-order valence-electron chi connectivity index (χ4n) is 3.41. The van der Waals surface area contributed by atoms with Crippen LogP contribution in [0, 0.1) is 24.0 Å². The molecule has 4 rings (SSSR count). The number of carbonyl (C=O) groups excluding carboxylic acids is 1. The van der Waals surface area contributed by atoms with Crippen molar-refractivity contribution in [3.63, 3.8) is 0 Å². The van der Waals surface area contributed by atoms with Crippen LogP contribution in [0.3, 0.4) is 0 Å². The van der Waals surface area contributed by atoms with Gasteiger partial charge in [-0.15, -0.1) is 11.3 Å².